The lowest BCUT2D eigenvalue weighted by molar-refractivity contribution is -0.140. The van der Waals surface area contributed by atoms with Crippen molar-refractivity contribution in [3.8, 4) is 11.5 Å². The summed E-state index contributed by atoms with van der Waals surface area (Å²) in [5.41, 5.74) is 0. The van der Waals surface area contributed by atoms with E-state index in [4.69, 9.17) is 9.47 Å². The molecule has 0 radical (unpaired) electrons. The second-order valence-corrected chi connectivity index (χ2v) is 9.43. The van der Waals surface area contributed by atoms with Crippen LogP contribution in [-0.2, 0) is 4.79 Å². The van der Waals surface area contributed by atoms with E-state index in [0.717, 1.165) is 37.5 Å². The lowest BCUT2D eigenvalue weighted by Crippen LogP contribution is -2.25. The van der Waals surface area contributed by atoms with Crippen LogP contribution in [0.15, 0.2) is 24.3 Å². The van der Waals surface area contributed by atoms with Crippen LogP contribution in [-0.4, -0.2) is 12.6 Å². The van der Waals surface area contributed by atoms with Crippen LogP contribution in [0.2, 0.25) is 0 Å². The third-order valence-electron chi connectivity index (χ3n) is 6.70. The van der Waals surface area contributed by atoms with E-state index >= 15 is 0 Å². The van der Waals surface area contributed by atoms with E-state index in [1.807, 2.05) is 24.3 Å². The summed E-state index contributed by atoms with van der Waals surface area (Å²) in [7, 11) is 0. The molecule has 31 heavy (non-hydrogen) atoms. The number of carbonyl (C=O) groups is 1. The molecular formula is C28H46O3. The summed E-state index contributed by atoms with van der Waals surface area (Å²) in [6, 6.07) is 7.55. The van der Waals surface area contributed by atoms with E-state index in [2.05, 4.69) is 13.8 Å². The molecule has 1 aromatic rings. The molecule has 0 aromatic heterocycles. The molecule has 0 heterocycles. The van der Waals surface area contributed by atoms with Crippen molar-refractivity contribution >= 4 is 5.97 Å². The summed E-state index contributed by atoms with van der Waals surface area (Å²) in [5, 5.41) is 0. The highest BCUT2D eigenvalue weighted by molar-refractivity contribution is 5.75. The summed E-state index contributed by atoms with van der Waals surface area (Å²) in [5.74, 6) is 2.32. The number of hydrogen-bond acceptors (Lipinski definition) is 3. The van der Waals surface area contributed by atoms with Gasteiger partial charge >= 0.3 is 5.97 Å². The summed E-state index contributed by atoms with van der Waals surface area (Å²) in [4.78, 5) is 12.5. The van der Waals surface area contributed by atoms with Crippen LogP contribution in [0, 0.1) is 11.8 Å². The highest BCUT2D eigenvalue weighted by Crippen LogP contribution is 2.33. The Balaban J connectivity index is 1.57. The van der Waals surface area contributed by atoms with Crippen LogP contribution in [0.25, 0.3) is 0 Å². The first-order valence-electron chi connectivity index (χ1n) is 13.2. The van der Waals surface area contributed by atoms with Gasteiger partial charge in [-0.3, -0.25) is 4.79 Å². The first kappa shape index (κ1) is 25.7. The molecule has 0 N–H and O–H groups in total. The molecule has 0 bridgehead atoms. The van der Waals surface area contributed by atoms with E-state index in [1.54, 1.807) is 0 Å². The molecule has 0 spiro atoms. The number of esters is 1. The molecule has 0 saturated heterocycles. The number of benzene rings is 1. The first-order valence-corrected chi connectivity index (χ1v) is 13.2. The Kier molecular flexibility index (Phi) is 13.4. The molecule has 0 amide bonds. The van der Waals surface area contributed by atoms with Gasteiger partial charge < -0.3 is 9.47 Å². The maximum Gasteiger partial charge on any atom is 0.314 e. The third kappa shape index (κ3) is 11.1. The van der Waals surface area contributed by atoms with Gasteiger partial charge in [0.2, 0.25) is 0 Å². The molecule has 2 rings (SSSR count). The van der Waals surface area contributed by atoms with Crippen molar-refractivity contribution in [3.63, 3.8) is 0 Å². The molecule has 3 nitrogen and oxygen atoms in total. The summed E-state index contributed by atoms with van der Waals surface area (Å²) in [6.45, 7) is 5.27. The smallest absolute Gasteiger partial charge is 0.314 e. The topological polar surface area (TPSA) is 35.5 Å². The predicted molar refractivity (Wildman–Crippen MR) is 130 cm³/mol. The van der Waals surface area contributed by atoms with Crippen molar-refractivity contribution in [3.05, 3.63) is 24.3 Å². The van der Waals surface area contributed by atoms with Crippen LogP contribution >= 0.6 is 0 Å². The minimum Gasteiger partial charge on any atom is -0.494 e. The van der Waals surface area contributed by atoms with Gasteiger partial charge in [0.25, 0.3) is 0 Å². The van der Waals surface area contributed by atoms with E-state index in [9.17, 15) is 4.79 Å². The Bertz CT molecular complexity index is 572. The number of hydrogen-bond donors (Lipinski definition) is 0. The maximum atomic E-state index is 12.5. The van der Waals surface area contributed by atoms with E-state index in [1.165, 1.54) is 83.5 Å². The summed E-state index contributed by atoms with van der Waals surface area (Å²) in [6.07, 6.45) is 20.0. The molecule has 1 aliphatic rings. The van der Waals surface area contributed by atoms with Gasteiger partial charge in [0.15, 0.2) is 0 Å². The number of ether oxygens (including phenoxy) is 2. The summed E-state index contributed by atoms with van der Waals surface area (Å²) >= 11 is 0. The van der Waals surface area contributed by atoms with Crippen LogP contribution < -0.4 is 9.47 Å². The molecular weight excluding hydrogens is 384 g/mol. The van der Waals surface area contributed by atoms with Gasteiger partial charge in [-0.05, 0) is 62.3 Å². The van der Waals surface area contributed by atoms with Crippen LogP contribution in [0.3, 0.4) is 0 Å². The van der Waals surface area contributed by atoms with Gasteiger partial charge in [0.1, 0.15) is 11.5 Å². The van der Waals surface area contributed by atoms with Crippen molar-refractivity contribution < 1.29 is 14.3 Å². The van der Waals surface area contributed by atoms with E-state index in [-0.39, 0.29) is 11.9 Å². The molecule has 0 aliphatic heterocycles. The highest BCUT2D eigenvalue weighted by Gasteiger charge is 2.27. The first-order chi connectivity index (χ1) is 15.2. The van der Waals surface area contributed by atoms with Crippen molar-refractivity contribution in [2.24, 2.45) is 11.8 Å². The van der Waals surface area contributed by atoms with Crippen LogP contribution in [0.4, 0.5) is 0 Å². The Morgan fingerprint density at radius 3 is 1.94 bits per heavy atom. The fraction of sp³-hybridized carbons (Fsp3) is 0.750. The second-order valence-electron chi connectivity index (χ2n) is 9.43. The Labute approximate surface area is 191 Å². The van der Waals surface area contributed by atoms with Crippen LogP contribution in [0.1, 0.15) is 117 Å². The Morgan fingerprint density at radius 1 is 0.742 bits per heavy atom. The predicted octanol–water partition coefficient (Wildman–Crippen LogP) is 8.50. The minimum absolute atomic E-state index is 0.0559. The zero-order valence-corrected chi connectivity index (χ0v) is 20.2. The molecule has 176 valence electrons. The number of carbonyl (C=O) groups excluding carboxylic acids is 1. The van der Waals surface area contributed by atoms with Crippen molar-refractivity contribution in [2.45, 2.75) is 117 Å². The van der Waals surface area contributed by atoms with E-state index in [0.29, 0.717) is 5.75 Å². The normalized spacial score (nSPS) is 18.6. The van der Waals surface area contributed by atoms with Gasteiger partial charge in [-0.15, -0.1) is 0 Å². The lowest BCUT2D eigenvalue weighted by Gasteiger charge is -2.27. The zero-order valence-electron chi connectivity index (χ0n) is 20.2. The molecule has 1 aromatic carbocycles. The standard InChI is InChI=1S/C28H46O3/c1-3-5-7-8-9-10-11-13-23-30-26-19-21-27(22-20-26)31-28(29)25-17-15-24(16-18-25)14-12-6-4-2/h19-22,24-25H,3-18,23H2,1-2H3. The second kappa shape index (κ2) is 16.2. The molecule has 1 saturated carbocycles. The lowest BCUT2D eigenvalue weighted by atomic mass is 9.80. The van der Waals surface area contributed by atoms with Crippen molar-refractivity contribution in [1.82, 2.24) is 0 Å². The number of unbranched alkanes of at least 4 members (excludes halogenated alkanes) is 9. The SMILES string of the molecule is CCCCCCCCCCOc1ccc(OC(=O)C2CCC(CCCCC)CC2)cc1. The molecule has 1 aliphatic carbocycles. The minimum atomic E-state index is -0.0559. The number of rotatable bonds is 16. The average Bonchev–Trinajstić information content (AvgIpc) is 2.79. The van der Waals surface area contributed by atoms with Crippen molar-refractivity contribution in [1.29, 1.82) is 0 Å². The Hall–Kier alpha value is -1.51. The monoisotopic (exact) mass is 430 g/mol. The molecule has 0 unspecified atom stereocenters. The fourth-order valence-electron chi connectivity index (χ4n) is 4.60. The maximum absolute atomic E-state index is 12.5. The zero-order chi connectivity index (χ0) is 22.2. The molecule has 3 heteroatoms. The van der Waals surface area contributed by atoms with Gasteiger partial charge in [0, 0.05) is 0 Å². The quantitative estimate of drug-likeness (QED) is 0.150. The van der Waals surface area contributed by atoms with Gasteiger partial charge in [-0.1, -0.05) is 84.5 Å². The van der Waals surface area contributed by atoms with Gasteiger partial charge in [-0.25, -0.2) is 0 Å². The molecule has 0 atom stereocenters. The van der Waals surface area contributed by atoms with Gasteiger partial charge in [0.05, 0.1) is 12.5 Å². The molecule has 1 fully saturated rings. The third-order valence-corrected chi connectivity index (χ3v) is 6.70. The fourth-order valence-corrected chi connectivity index (χ4v) is 4.60. The van der Waals surface area contributed by atoms with E-state index < -0.39 is 0 Å². The summed E-state index contributed by atoms with van der Waals surface area (Å²) < 4.78 is 11.5. The average molecular weight is 431 g/mol. The Morgan fingerprint density at radius 2 is 1.29 bits per heavy atom. The van der Waals surface area contributed by atoms with Crippen LogP contribution in [0.5, 0.6) is 11.5 Å². The highest BCUT2D eigenvalue weighted by atomic mass is 16.5. The van der Waals surface area contributed by atoms with Crippen molar-refractivity contribution in [2.75, 3.05) is 6.61 Å². The largest absolute Gasteiger partial charge is 0.494 e. The van der Waals surface area contributed by atoms with Gasteiger partial charge in [-0.2, -0.15) is 0 Å².